The van der Waals surface area contributed by atoms with Gasteiger partial charge < -0.3 is 5.11 Å². The van der Waals surface area contributed by atoms with E-state index in [9.17, 15) is 9.90 Å². The molecule has 0 saturated heterocycles. The highest BCUT2D eigenvalue weighted by Crippen LogP contribution is 2.45. The molecule has 1 aromatic heterocycles. The van der Waals surface area contributed by atoms with Gasteiger partial charge in [-0.25, -0.2) is 4.79 Å². The van der Waals surface area contributed by atoms with Gasteiger partial charge in [0, 0.05) is 10.6 Å². The third-order valence-electron chi connectivity index (χ3n) is 3.23. The lowest BCUT2D eigenvalue weighted by molar-refractivity contribution is -0.142. The Kier molecular flexibility index (Phi) is 2.38. The molecule has 1 aromatic carbocycles. The second-order valence-electron chi connectivity index (χ2n) is 4.37. The van der Waals surface area contributed by atoms with E-state index in [1.54, 1.807) is 28.8 Å². The first kappa shape index (κ1) is 11.2. The number of carbonyl (C=O) groups is 1. The normalized spacial score (nSPS) is 16.5. The van der Waals surface area contributed by atoms with Gasteiger partial charge in [-0.2, -0.15) is 0 Å². The second kappa shape index (κ2) is 3.81. The summed E-state index contributed by atoms with van der Waals surface area (Å²) in [5, 5.41) is 17.8. The molecule has 1 saturated carbocycles. The number of hydrogen-bond donors (Lipinski definition) is 1. The standard InChI is InChI=1S/C12H10ClN3O2/c13-9-3-1-8(2-4-9)10-15-14-7-16(10)12(5-6-12)11(17)18/h1-4,7H,5-6H2,(H,17,18). The number of rotatable bonds is 3. The SMILES string of the molecule is O=C(O)C1(n2cnnc2-c2ccc(Cl)cc2)CC1. The van der Waals surface area contributed by atoms with Gasteiger partial charge in [-0.05, 0) is 37.1 Å². The minimum atomic E-state index is -0.863. The zero-order chi connectivity index (χ0) is 12.8. The van der Waals surface area contributed by atoms with Crippen LogP contribution in [0.1, 0.15) is 12.8 Å². The molecule has 18 heavy (non-hydrogen) atoms. The van der Waals surface area contributed by atoms with Crippen LogP contribution >= 0.6 is 11.6 Å². The maximum atomic E-state index is 11.3. The van der Waals surface area contributed by atoms with Crippen LogP contribution < -0.4 is 0 Å². The summed E-state index contributed by atoms with van der Waals surface area (Å²) < 4.78 is 1.64. The lowest BCUT2D eigenvalue weighted by Gasteiger charge is -2.13. The molecule has 0 radical (unpaired) electrons. The Morgan fingerprint density at radius 3 is 2.56 bits per heavy atom. The van der Waals surface area contributed by atoms with Gasteiger partial charge in [-0.15, -0.1) is 10.2 Å². The number of benzene rings is 1. The van der Waals surface area contributed by atoms with Crippen LogP contribution in [0.4, 0.5) is 0 Å². The maximum Gasteiger partial charge on any atom is 0.329 e. The highest BCUT2D eigenvalue weighted by Gasteiger charge is 2.53. The van der Waals surface area contributed by atoms with Gasteiger partial charge in [0.2, 0.25) is 0 Å². The van der Waals surface area contributed by atoms with Crippen molar-refractivity contribution in [3.05, 3.63) is 35.6 Å². The highest BCUT2D eigenvalue weighted by molar-refractivity contribution is 6.30. The molecule has 2 aromatic rings. The van der Waals surface area contributed by atoms with Crippen molar-refractivity contribution in [2.45, 2.75) is 18.4 Å². The first-order valence-corrected chi connectivity index (χ1v) is 5.91. The molecule has 0 spiro atoms. The van der Waals surface area contributed by atoms with Crippen LogP contribution in [-0.4, -0.2) is 25.8 Å². The highest BCUT2D eigenvalue weighted by atomic mass is 35.5. The number of aromatic nitrogens is 3. The fraction of sp³-hybridized carbons (Fsp3) is 0.250. The van der Waals surface area contributed by atoms with Gasteiger partial charge in [0.15, 0.2) is 5.82 Å². The van der Waals surface area contributed by atoms with E-state index < -0.39 is 11.5 Å². The number of aliphatic carboxylic acids is 1. The molecule has 0 bridgehead atoms. The van der Waals surface area contributed by atoms with Crippen molar-refractivity contribution in [3.8, 4) is 11.4 Å². The fourth-order valence-electron chi connectivity index (χ4n) is 2.02. The van der Waals surface area contributed by atoms with E-state index in [4.69, 9.17) is 11.6 Å². The first-order valence-electron chi connectivity index (χ1n) is 5.53. The molecule has 3 rings (SSSR count). The Morgan fingerprint density at radius 1 is 1.33 bits per heavy atom. The number of halogens is 1. The van der Waals surface area contributed by atoms with Crippen molar-refractivity contribution in [3.63, 3.8) is 0 Å². The van der Waals surface area contributed by atoms with E-state index in [0.717, 1.165) is 5.56 Å². The van der Waals surface area contributed by atoms with E-state index in [2.05, 4.69) is 10.2 Å². The number of hydrogen-bond acceptors (Lipinski definition) is 3. The van der Waals surface area contributed by atoms with Gasteiger partial charge in [0.1, 0.15) is 11.9 Å². The predicted octanol–water partition coefficient (Wildman–Crippen LogP) is 2.17. The van der Waals surface area contributed by atoms with Gasteiger partial charge in [0.25, 0.3) is 0 Å². The summed E-state index contributed by atoms with van der Waals surface area (Å²) in [6.45, 7) is 0. The number of nitrogens with zero attached hydrogens (tertiary/aromatic N) is 3. The van der Waals surface area contributed by atoms with Crippen molar-refractivity contribution in [2.75, 3.05) is 0 Å². The quantitative estimate of drug-likeness (QED) is 0.922. The van der Waals surface area contributed by atoms with Crippen LogP contribution in [0.15, 0.2) is 30.6 Å². The van der Waals surface area contributed by atoms with Gasteiger partial charge >= 0.3 is 5.97 Å². The molecule has 0 unspecified atom stereocenters. The van der Waals surface area contributed by atoms with E-state index >= 15 is 0 Å². The summed E-state index contributed by atoms with van der Waals surface area (Å²) in [4.78, 5) is 11.3. The zero-order valence-electron chi connectivity index (χ0n) is 9.38. The molecule has 6 heteroatoms. The third-order valence-corrected chi connectivity index (χ3v) is 3.48. The Labute approximate surface area is 108 Å². The lowest BCUT2D eigenvalue weighted by atomic mass is 10.2. The van der Waals surface area contributed by atoms with Crippen LogP contribution in [-0.2, 0) is 10.3 Å². The van der Waals surface area contributed by atoms with Crippen LogP contribution in [0, 0.1) is 0 Å². The van der Waals surface area contributed by atoms with E-state index in [-0.39, 0.29) is 0 Å². The van der Waals surface area contributed by atoms with Gasteiger partial charge in [-0.3, -0.25) is 4.57 Å². The van der Waals surface area contributed by atoms with Crippen LogP contribution in [0.2, 0.25) is 5.02 Å². The van der Waals surface area contributed by atoms with E-state index in [0.29, 0.717) is 23.7 Å². The summed E-state index contributed by atoms with van der Waals surface area (Å²) >= 11 is 5.83. The summed E-state index contributed by atoms with van der Waals surface area (Å²) in [6, 6.07) is 7.11. The van der Waals surface area contributed by atoms with Crippen molar-refractivity contribution < 1.29 is 9.90 Å². The summed E-state index contributed by atoms with van der Waals surface area (Å²) in [5.41, 5.74) is -0.0530. The number of carboxylic acids is 1. The summed E-state index contributed by atoms with van der Waals surface area (Å²) in [5.74, 6) is -0.274. The molecule has 1 fully saturated rings. The second-order valence-corrected chi connectivity index (χ2v) is 4.80. The van der Waals surface area contributed by atoms with Gasteiger partial charge in [-0.1, -0.05) is 11.6 Å². The largest absolute Gasteiger partial charge is 0.479 e. The molecule has 0 amide bonds. The van der Waals surface area contributed by atoms with Crippen molar-refractivity contribution in [2.24, 2.45) is 0 Å². The monoisotopic (exact) mass is 263 g/mol. The summed E-state index contributed by atoms with van der Waals surface area (Å²) in [6.07, 6.45) is 2.70. The summed E-state index contributed by atoms with van der Waals surface area (Å²) in [7, 11) is 0. The van der Waals surface area contributed by atoms with Crippen molar-refractivity contribution in [1.82, 2.24) is 14.8 Å². The molecule has 0 atom stereocenters. The molecule has 5 nitrogen and oxygen atoms in total. The van der Waals surface area contributed by atoms with Gasteiger partial charge in [0.05, 0.1) is 0 Å². The van der Waals surface area contributed by atoms with Crippen LogP contribution in [0.5, 0.6) is 0 Å². The Bertz CT molecular complexity index is 602. The smallest absolute Gasteiger partial charge is 0.329 e. The van der Waals surface area contributed by atoms with Crippen LogP contribution in [0.3, 0.4) is 0 Å². The Balaban J connectivity index is 2.07. The van der Waals surface area contributed by atoms with E-state index in [1.165, 1.54) is 6.33 Å². The minimum absolute atomic E-state index is 0.562. The molecule has 1 aliphatic rings. The Hall–Kier alpha value is -1.88. The topological polar surface area (TPSA) is 68.0 Å². The first-order chi connectivity index (χ1) is 8.63. The molecular weight excluding hydrogens is 254 g/mol. The van der Waals surface area contributed by atoms with Crippen molar-refractivity contribution in [1.29, 1.82) is 0 Å². The minimum Gasteiger partial charge on any atom is -0.479 e. The van der Waals surface area contributed by atoms with Crippen LogP contribution in [0.25, 0.3) is 11.4 Å². The zero-order valence-corrected chi connectivity index (χ0v) is 10.1. The molecule has 0 aliphatic heterocycles. The molecule has 1 aliphatic carbocycles. The Morgan fingerprint density at radius 2 is 2.00 bits per heavy atom. The third kappa shape index (κ3) is 1.59. The van der Waals surface area contributed by atoms with Crippen molar-refractivity contribution >= 4 is 17.6 Å². The van der Waals surface area contributed by atoms with E-state index in [1.807, 2.05) is 0 Å². The maximum absolute atomic E-state index is 11.3. The molecule has 92 valence electrons. The fourth-order valence-corrected chi connectivity index (χ4v) is 2.15. The molecule has 1 N–H and O–H groups in total. The predicted molar refractivity (Wildman–Crippen MR) is 65.3 cm³/mol. The average Bonchev–Trinajstić information content (AvgIpc) is 3.03. The number of carboxylic acid groups (broad SMARTS) is 1. The average molecular weight is 264 g/mol. The molecule has 1 heterocycles. The molecular formula is C12H10ClN3O2. The lowest BCUT2D eigenvalue weighted by Crippen LogP contribution is -2.27.